The second-order valence-electron chi connectivity index (χ2n) is 5.63. The highest BCUT2D eigenvalue weighted by Gasteiger charge is 2.55. The van der Waals surface area contributed by atoms with Crippen LogP contribution in [0.3, 0.4) is 0 Å². The molecule has 0 N–H and O–H groups in total. The number of fused-ring (bicyclic) bond motifs is 1. The number of benzene rings is 1. The van der Waals surface area contributed by atoms with Gasteiger partial charge in [-0.05, 0) is 56.4 Å². The first-order valence-electron chi connectivity index (χ1n) is 6.88. The van der Waals surface area contributed by atoms with Crippen LogP contribution in [-0.2, 0) is 4.74 Å². The van der Waals surface area contributed by atoms with Crippen LogP contribution in [0, 0.1) is 5.92 Å². The Balaban J connectivity index is 1.48. The SMILES string of the molecule is C=COc1ccc(OCC2CCC3(C)O[C@H]3C2)cc1. The summed E-state index contributed by atoms with van der Waals surface area (Å²) < 4.78 is 16.7. The van der Waals surface area contributed by atoms with E-state index >= 15 is 0 Å². The summed E-state index contributed by atoms with van der Waals surface area (Å²) in [7, 11) is 0. The molecule has 3 rings (SSSR count). The fourth-order valence-electron chi connectivity index (χ4n) is 2.80. The molecule has 1 aliphatic carbocycles. The molecule has 2 unspecified atom stereocenters. The van der Waals surface area contributed by atoms with Gasteiger partial charge in [-0.15, -0.1) is 0 Å². The molecule has 3 nitrogen and oxygen atoms in total. The summed E-state index contributed by atoms with van der Waals surface area (Å²) in [6.07, 6.45) is 5.39. The highest BCUT2D eigenvalue weighted by atomic mass is 16.6. The van der Waals surface area contributed by atoms with Crippen molar-refractivity contribution in [2.24, 2.45) is 5.92 Å². The molecular weight excluding hydrogens is 240 g/mol. The Bertz CT molecular complexity index is 454. The second kappa shape index (κ2) is 4.89. The quantitative estimate of drug-likeness (QED) is 0.599. The first-order valence-corrected chi connectivity index (χ1v) is 6.88. The number of ether oxygens (including phenoxy) is 3. The van der Waals surface area contributed by atoms with Crippen LogP contribution in [0.5, 0.6) is 11.5 Å². The average Bonchev–Trinajstić information content (AvgIpc) is 3.09. The molecule has 1 heterocycles. The molecule has 1 aromatic rings. The maximum absolute atomic E-state index is 5.84. The fraction of sp³-hybridized carbons (Fsp3) is 0.500. The predicted octanol–water partition coefficient (Wildman–Crippen LogP) is 3.55. The van der Waals surface area contributed by atoms with Crippen molar-refractivity contribution < 1.29 is 14.2 Å². The number of epoxide rings is 1. The molecule has 102 valence electrons. The molecule has 1 aliphatic heterocycles. The van der Waals surface area contributed by atoms with E-state index < -0.39 is 0 Å². The Morgan fingerprint density at radius 2 is 2.11 bits per heavy atom. The topological polar surface area (TPSA) is 31.0 Å². The average molecular weight is 260 g/mol. The first-order chi connectivity index (χ1) is 9.19. The van der Waals surface area contributed by atoms with Crippen molar-refractivity contribution >= 4 is 0 Å². The van der Waals surface area contributed by atoms with Crippen molar-refractivity contribution in [3.05, 3.63) is 37.1 Å². The van der Waals surface area contributed by atoms with Gasteiger partial charge in [0, 0.05) is 0 Å². The van der Waals surface area contributed by atoms with Crippen molar-refractivity contribution in [1.82, 2.24) is 0 Å². The van der Waals surface area contributed by atoms with Crippen LogP contribution in [0.4, 0.5) is 0 Å². The molecule has 0 bridgehead atoms. The molecule has 0 amide bonds. The van der Waals surface area contributed by atoms with Crippen LogP contribution < -0.4 is 9.47 Å². The summed E-state index contributed by atoms with van der Waals surface area (Å²) in [5.74, 6) is 2.29. The van der Waals surface area contributed by atoms with Crippen molar-refractivity contribution in [3.63, 3.8) is 0 Å². The lowest BCUT2D eigenvalue weighted by atomic mass is 9.83. The van der Waals surface area contributed by atoms with Crippen LogP contribution in [0.25, 0.3) is 0 Å². The minimum Gasteiger partial charge on any atom is -0.493 e. The van der Waals surface area contributed by atoms with Gasteiger partial charge in [0.15, 0.2) is 0 Å². The molecule has 0 radical (unpaired) electrons. The lowest BCUT2D eigenvalue weighted by Gasteiger charge is -2.22. The first kappa shape index (κ1) is 12.5. The maximum atomic E-state index is 5.84. The van der Waals surface area contributed by atoms with Gasteiger partial charge in [0.25, 0.3) is 0 Å². The van der Waals surface area contributed by atoms with Gasteiger partial charge in [-0.1, -0.05) is 6.58 Å². The molecule has 1 aromatic carbocycles. The van der Waals surface area contributed by atoms with Crippen molar-refractivity contribution in [3.8, 4) is 11.5 Å². The van der Waals surface area contributed by atoms with Gasteiger partial charge in [-0.2, -0.15) is 0 Å². The molecule has 3 atom stereocenters. The van der Waals surface area contributed by atoms with Crippen molar-refractivity contribution in [2.75, 3.05) is 6.61 Å². The van der Waals surface area contributed by atoms with E-state index in [0.717, 1.165) is 30.9 Å². The van der Waals surface area contributed by atoms with Gasteiger partial charge < -0.3 is 14.2 Å². The van der Waals surface area contributed by atoms with Gasteiger partial charge >= 0.3 is 0 Å². The monoisotopic (exact) mass is 260 g/mol. The van der Waals surface area contributed by atoms with Crippen molar-refractivity contribution in [2.45, 2.75) is 37.9 Å². The zero-order valence-electron chi connectivity index (χ0n) is 11.3. The van der Waals surface area contributed by atoms with E-state index in [1.54, 1.807) is 0 Å². The third kappa shape index (κ3) is 2.76. The minimum absolute atomic E-state index is 0.195. The predicted molar refractivity (Wildman–Crippen MR) is 73.4 cm³/mol. The summed E-state index contributed by atoms with van der Waals surface area (Å²) >= 11 is 0. The van der Waals surface area contributed by atoms with Crippen LogP contribution in [0.2, 0.25) is 0 Å². The van der Waals surface area contributed by atoms with E-state index in [-0.39, 0.29) is 5.60 Å². The lowest BCUT2D eigenvalue weighted by molar-refractivity contribution is 0.210. The number of hydrogen-bond donors (Lipinski definition) is 0. The largest absolute Gasteiger partial charge is 0.493 e. The molecule has 0 aromatic heterocycles. The van der Waals surface area contributed by atoms with Gasteiger partial charge in [-0.25, -0.2) is 0 Å². The molecular formula is C16H20O3. The Labute approximate surface area is 114 Å². The summed E-state index contributed by atoms with van der Waals surface area (Å²) in [5, 5.41) is 0. The molecule has 3 heteroatoms. The maximum Gasteiger partial charge on any atom is 0.126 e. The Morgan fingerprint density at radius 3 is 2.79 bits per heavy atom. The van der Waals surface area contributed by atoms with E-state index in [9.17, 15) is 0 Å². The zero-order valence-corrected chi connectivity index (χ0v) is 11.3. The van der Waals surface area contributed by atoms with Crippen LogP contribution in [0.1, 0.15) is 26.2 Å². The van der Waals surface area contributed by atoms with Gasteiger partial charge in [0.05, 0.1) is 24.6 Å². The molecule has 2 fully saturated rings. The molecule has 2 aliphatic rings. The highest BCUT2D eigenvalue weighted by molar-refractivity contribution is 5.31. The van der Waals surface area contributed by atoms with E-state index in [1.807, 2.05) is 24.3 Å². The van der Waals surface area contributed by atoms with Crippen LogP contribution in [0.15, 0.2) is 37.1 Å². The molecule has 1 saturated carbocycles. The molecule has 1 saturated heterocycles. The minimum atomic E-state index is 0.195. The second-order valence-corrected chi connectivity index (χ2v) is 5.63. The van der Waals surface area contributed by atoms with Gasteiger partial charge in [0.2, 0.25) is 0 Å². The number of hydrogen-bond acceptors (Lipinski definition) is 3. The number of rotatable bonds is 5. The summed E-state index contributed by atoms with van der Waals surface area (Å²) in [6.45, 7) is 6.52. The fourth-order valence-corrected chi connectivity index (χ4v) is 2.80. The van der Waals surface area contributed by atoms with E-state index in [4.69, 9.17) is 14.2 Å². The zero-order chi connectivity index (χ0) is 13.3. The van der Waals surface area contributed by atoms with Gasteiger partial charge in [-0.3, -0.25) is 0 Å². The summed E-state index contributed by atoms with van der Waals surface area (Å²) in [5.41, 5.74) is 0.195. The van der Waals surface area contributed by atoms with Crippen LogP contribution >= 0.6 is 0 Å². The van der Waals surface area contributed by atoms with Gasteiger partial charge in [0.1, 0.15) is 11.5 Å². The summed E-state index contributed by atoms with van der Waals surface area (Å²) in [6, 6.07) is 7.64. The smallest absolute Gasteiger partial charge is 0.126 e. The van der Waals surface area contributed by atoms with E-state index in [1.165, 1.54) is 12.7 Å². The highest BCUT2D eigenvalue weighted by Crippen LogP contribution is 2.49. The lowest BCUT2D eigenvalue weighted by Crippen LogP contribution is -2.25. The Kier molecular flexibility index (Phi) is 3.23. The third-order valence-electron chi connectivity index (χ3n) is 4.16. The van der Waals surface area contributed by atoms with E-state index in [0.29, 0.717) is 12.0 Å². The molecule has 0 spiro atoms. The standard InChI is InChI=1S/C16H20O3/c1-3-17-13-4-6-14(7-5-13)18-11-12-8-9-16(2)15(10-12)19-16/h3-7,12,15H,1,8-11H2,2H3/t12?,15-,16?/m0/s1. The Morgan fingerprint density at radius 1 is 1.37 bits per heavy atom. The Hall–Kier alpha value is -1.48. The van der Waals surface area contributed by atoms with E-state index in [2.05, 4.69) is 13.5 Å². The van der Waals surface area contributed by atoms with Crippen LogP contribution in [-0.4, -0.2) is 18.3 Å². The molecule has 19 heavy (non-hydrogen) atoms. The normalized spacial score (nSPS) is 32.3. The van der Waals surface area contributed by atoms with Crippen molar-refractivity contribution in [1.29, 1.82) is 0 Å². The summed E-state index contributed by atoms with van der Waals surface area (Å²) in [4.78, 5) is 0. The third-order valence-corrected chi connectivity index (χ3v) is 4.16.